The second-order valence-corrected chi connectivity index (χ2v) is 9.97. The van der Waals surface area contributed by atoms with Gasteiger partial charge in [0.2, 0.25) is 0 Å². The molecule has 1 heterocycles. The molecule has 2 rings (SSSR count). The van der Waals surface area contributed by atoms with Crippen LogP contribution in [0, 0.1) is 0 Å². The largest absolute Gasteiger partial charge is 0.431 e. The van der Waals surface area contributed by atoms with E-state index < -0.39 is 5.69 Å². The maximum Gasteiger partial charge on any atom is 0.266 e. The molecular formula is C11H13ClNO3PS2. The highest BCUT2D eigenvalue weighted by molar-refractivity contribution is 8.67. The minimum Gasteiger partial charge on any atom is -0.431 e. The third-order valence-electron chi connectivity index (χ3n) is 2.09. The lowest BCUT2D eigenvalue weighted by Crippen LogP contribution is -1.91. The van der Waals surface area contributed by atoms with Gasteiger partial charge >= 0.3 is 0 Å². The monoisotopic (exact) mass is 337 g/mol. The van der Waals surface area contributed by atoms with Crippen molar-refractivity contribution in [3.8, 4) is 0 Å². The summed E-state index contributed by atoms with van der Waals surface area (Å²) in [5, 5.41) is 1.06. The summed E-state index contributed by atoms with van der Waals surface area (Å²) in [6.45, 7) is 4.76. The summed E-state index contributed by atoms with van der Waals surface area (Å²) in [6.07, 6.45) is 0. The summed E-state index contributed by atoms with van der Waals surface area (Å²) in [4.78, 5) is 4.34. The average Bonchev–Trinajstić information content (AvgIpc) is 2.70. The number of rotatable bonds is 6. The smallest absolute Gasteiger partial charge is 0.266 e. The van der Waals surface area contributed by atoms with Crippen LogP contribution in [0.4, 0.5) is 0 Å². The van der Waals surface area contributed by atoms with Gasteiger partial charge in [-0.15, -0.1) is 0 Å². The van der Waals surface area contributed by atoms with Crippen molar-refractivity contribution in [3.63, 3.8) is 0 Å². The Morgan fingerprint density at radius 1 is 1.37 bits per heavy atom. The van der Waals surface area contributed by atoms with Gasteiger partial charge < -0.3 is 13.5 Å². The van der Waals surface area contributed by atoms with Crippen LogP contribution in [0.15, 0.2) is 27.8 Å². The molecule has 1 aromatic carbocycles. The molecule has 0 amide bonds. The average molecular weight is 338 g/mol. The van der Waals surface area contributed by atoms with Crippen molar-refractivity contribution in [2.75, 3.05) is 13.2 Å². The summed E-state index contributed by atoms with van der Waals surface area (Å²) in [5.41, 5.74) is -1.08. The van der Waals surface area contributed by atoms with Crippen molar-refractivity contribution < 1.29 is 13.5 Å². The van der Waals surface area contributed by atoms with Crippen LogP contribution in [0.3, 0.4) is 0 Å². The molecule has 2 aromatic rings. The first-order valence-corrected chi connectivity index (χ1v) is 10.1. The lowest BCUT2D eigenvalue weighted by Gasteiger charge is -2.17. The van der Waals surface area contributed by atoms with Gasteiger partial charge in [0.05, 0.1) is 13.2 Å². The summed E-state index contributed by atoms with van der Waals surface area (Å²) in [6, 6.07) is 5.28. The van der Waals surface area contributed by atoms with Crippen LogP contribution >= 0.6 is 28.7 Å². The fourth-order valence-corrected chi connectivity index (χ4v) is 5.82. The molecule has 0 saturated carbocycles. The van der Waals surface area contributed by atoms with Crippen molar-refractivity contribution in [1.82, 2.24) is 4.98 Å². The Balaban J connectivity index is 2.26. The van der Waals surface area contributed by atoms with Crippen LogP contribution in [0.5, 0.6) is 0 Å². The van der Waals surface area contributed by atoms with Crippen molar-refractivity contribution in [2.24, 2.45) is 0 Å². The minimum atomic E-state index is -2.45. The normalized spacial score (nSPS) is 12.2. The zero-order chi connectivity index (χ0) is 13.9. The van der Waals surface area contributed by atoms with Crippen molar-refractivity contribution in [3.05, 3.63) is 23.2 Å². The predicted molar refractivity (Wildman–Crippen MR) is 82.4 cm³/mol. The Morgan fingerprint density at radius 3 is 2.68 bits per heavy atom. The van der Waals surface area contributed by atoms with Gasteiger partial charge in [-0.25, -0.2) is 4.98 Å². The topological polar surface area (TPSA) is 44.5 Å². The fourth-order valence-electron chi connectivity index (χ4n) is 1.42. The predicted octanol–water partition coefficient (Wildman–Crippen LogP) is 4.87. The van der Waals surface area contributed by atoms with E-state index in [9.17, 15) is 0 Å². The number of benzene rings is 1. The number of oxazole rings is 1. The van der Waals surface area contributed by atoms with Crippen LogP contribution in [0.1, 0.15) is 13.8 Å². The van der Waals surface area contributed by atoms with E-state index in [2.05, 4.69) is 4.98 Å². The van der Waals surface area contributed by atoms with Crippen molar-refractivity contribution >= 4 is 51.6 Å². The molecule has 0 aliphatic rings. The van der Waals surface area contributed by atoms with Gasteiger partial charge in [0.15, 0.2) is 5.58 Å². The van der Waals surface area contributed by atoms with Crippen LogP contribution in [-0.2, 0) is 20.9 Å². The highest BCUT2D eigenvalue weighted by Gasteiger charge is 2.23. The molecule has 0 aliphatic heterocycles. The summed E-state index contributed by atoms with van der Waals surface area (Å²) >= 11 is 12.6. The van der Waals surface area contributed by atoms with Gasteiger partial charge in [-0.1, -0.05) is 11.6 Å². The molecule has 8 heteroatoms. The van der Waals surface area contributed by atoms with E-state index in [0.717, 1.165) is 0 Å². The minimum absolute atomic E-state index is 0.447. The maximum absolute atomic E-state index is 5.91. The molecule has 0 radical (unpaired) electrons. The molecule has 0 saturated heterocycles. The highest BCUT2D eigenvalue weighted by Crippen LogP contribution is 2.63. The summed E-state index contributed by atoms with van der Waals surface area (Å²) in [7, 11) is 0. The standard InChI is InChI=1S/C11H13ClNO3PS2/c1-3-14-17(18,15-4-2)19-11-13-9-7-8(12)5-6-10(9)16-11/h5-7H,3-4H2,1-2H3. The van der Waals surface area contributed by atoms with Gasteiger partial charge in [0.1, 0.15) is 5.52 Å². The molecule has 0 fully saturated rings. The van der Waals surface area contributed by atoms with Crippen LogP contribution in [0.2, 0.25) is 5.02 Å². The molecule has 0 unspecified atom stereocenters. The lowest BCUT2D eigenvalue weighted by molar-refractivity contribution is 0.280. The zero-order valence-corrected chi connectivity index (χ0v) is 13.7. The molecule has 0 bridgehead atoms. The highest BCUT2D eigenvalue weighted by atomic mass is 35.5. The molecule has 4 nitrogen and oxygen atoms in total. The third kappa shape index (κ3) is 3.94. The number of hydrogen-bond acceptors (Lipinski definition) is 6. The fraction of sp³-hybridized carbons (Fsp3) is 0.364. The van der Waals surface area contributed by atoms with Crippen LogP contribution in [0.25, 0.3) is 11.1 Å². The van der Waals surface area contributed by atoms with Gasteiger partial charge in [-0.2, -0.15) is 0 Å². The van der Waals surface area contributed by atoms with E-state index in [1.165, 1.54) is 11.4 Å². The second-order valence-electron chi connectivity index (χ2n) is 3.47. The number of aromatic nitrogens is 1. The molecule has 0 aliphatic carbocycles. The van der Waals surface area contributed by atoms with E-state index in [1.54, 1.807) is 18.2 Å². The van der Waals surface area contributed by atoms with Crippen molar-refractivity contribution in [1.29, 1.82) is 0 Å². The molecule has 0 spiro atoms. The SMILES string of the molecule is CCOP(=S)(OCC)Sc1nc2cc(Cl)ccc2o1. The van der Waals surface area contributed by atoms with E-state index in [4.69, 9.17) is 36.9 Å². The second kappa shape index (κ2) is 6.57. The van der Waals surface area contributed by atoms with Crippen LogP contribution < -0.4 is 0 Å². The maximum atomic E-state index is 5.91. The van der Waals surface area contributed by atoms with E-state index in [0.29, 0.717) is 34.6 Å². The molecule has 0 N–H and O–H groups in total. The molecule has 104 valence electrons. The summed E-state index contributed by atoms with van der Waals surface area (Å²) < 4.78 is 16.7. The number of fused-ring (bicyclic) bond motifs is 1. The Kier molecular flexibility index (Phi) is 5.29. The quantitative estimate of drug-likeness (QED) is 0.701. The first-order chi connectivity index (χ1) is 9.06. The molecular weight excluding hydrogens is 325 g/mol. The summed E-state index contributed by atoms with van der Waals surface area (Å²) in [5.74, 6) is 0. The molecule has 1 aromatic heterocycles. The van der Waals surface area contributed by atoms with Gasteiger partial charge in [0.25, 0.3) is 10.9 Å². The number of halogens is 1. The number of nitrogens with zero attached hydrogens (tertiary/aromatic N) is 1. The Morgan fingerprint density at radius 2 is 2.05 bits per heavy atom. The number of hydrogen-bond donors (Lipinski definition) is 0. The third-order valence-corrected chi connectivity index (χ3v) is 7.11. The van der Waals surface area contributed by atoms with E-state index in [1.807, 2.05) is 13.8 Å². The van der Waals surface area contributed by atoms with Gasteiger partial charge in [-0.05, 0) is 43.9 Å². The van der Waals surface area contributed by atoms with E-state index in [-0.39, 0.29) is 0 Å². The first kappa shape index (κ1) is 15.3. The lowest BCUT2D eigenvalue weighted by atomic mass is 10.3. The molecule has 0 atom stereocenters. The van der Waals surface area contributed by atoms with Crippen LogP contribution in [-0.4, -0.2) is 18.2 Å². The van der Waals surface area contributed by atoms with Gasteiger partial charge in [0, 0.05) is 16.4 Å². The van der Waals surface area contributed by atoms with Crippen molar-refractivity contribution in [2.45, 2.75) is 19.1 Å². The Hall–Kier alpha value is -0.100. The Labute approximate surface area is 125 Å². The van der Waals surface area contributed by atoms with E-state index >= 15 is 0 Å². The first-order valence-electron chi connectivity index (χ1n) is 5.71. The Bertz CT molecular complexity index is 609. The molecule has 19 heavy (non-hydrogen) atoms. The zero-order valence-electron chi connectivity index (χ0n) is 10.5. The van der Waals surface area contributed by atoms with Gasteiger partial charge in [-0.3, -0.25) is 0 Å².